The fourth-order valence-electron chi connectivity index (χ4n) is 2.25. The summed E-state index contributed by atoms with van der Waals surface area (Å²) in [6, 6.07) is 11.6. The lowest BCUT2D eigenvalue weighted by Gasteiger charge is -1.96. The number of rotatable bonds is 3. The van der Waals surface area contributed by atoms with Crippen molar-refractivity contribution in [1.29, 1.82) is 5.26 Å². The molecule has 1 aromatic carbocycles. The van der Waals surface area contributed by atoms with Gasteiger partial charge in [-0.2, -0.15) is 5.26 Å². The Morgan fingerprint density at radius 3 is 2.47 bits per heavy atom. The molecular weight excluding hydrogens is 214 g/mol. The number of hydrogen-bond donors (Lipinski definition) is 1. The standard InChI is InChI=1S/C14H13NO2/c1-9-12(13(9)14(16)17)11(8-15)7-10-5-3-2-4-6-10/h2-7,9,12-13H,1H3,(H,16,17). The lowest BCUT2D eigenvalue weighted by atomic mass is 10.1. The molecule has 0 spiro atoms. The van der Waals surface area contributed by atoms with Crippen LogP contribution in [-0.4, -0.2) is 11.1 Å². The first-order valence-electron chi connectivity index (χ1n) is 5.54. The zero-order valence-electron chi connectivity index (χ0n) is 9.50. The van der Waals surface area contributed by atoms with Crippen molar-refractivity contribution in [2.24, 2.45) is 17.8 Å². The normalized spacial score (nSPS) is 27.3. The number of carbonyl (C=O) groups is 1. The van der Waals surface area contributed by atoms with Crippen molar-refractivity contribution in [3.05, 3.63) is 41.5 Å². The van der Waals surface area contributed by atoms with E-state index >= 15 is 0 Å². The van der Waals surface area contributed by atoms with E-state index in [0.717, 1.165) is 5.56 Å². The molecular formula is C14H13NO2. The third-order valence-electron chi connectivity index (χ3n) is 3.27. The number of nitrogens with zero attached hydrogens (tertiary/aromatic N) is 1. The molecule has 86 valence electrons. The number of carboxylic acids is 1. The Labute approximate surface area is 100 Å². The van der Waals surface area contributed by atoms with Crippen LogP contribution in [-0.2, 0) is 4.79 Å². The summed E-state index contributed by atoms with van der Waals surface area (Å²) in [5.74, 6) is -1.28. The van der Waals surface area contributed by atoms with Gasteiger partial charge < -0.3 is 5.11 Å². The zero-order valence-corrected chi connectivity index (χ0v) is 9.50. The first-order valence-corrected chi connectivity index (χ1v) is 5.54. The molecule has 1 aromatic rings. The molecule has 1 aliphatic carbocycles. The van der Waals surface area contributed by atoms with Crippen molar-refractivity contribution in [3.8, 4) is 6.07 Å². The average molecular weight is 227 g/mol. The highest BCUT2D eigenvalue weighted by atomic mass is 16.4. The number of aliphatic carboxylic acids is 1. The van der Waals surface area contributed by atoms with Crippen LogP contribution in [0, 0.1) is 29.1 Å². The predicted octanol–water partition coefficient (Wildman–Crippen LogP) is 2.56. The third-order valence-corrected chi connectivity index (χ3v) is 3.27. The van der Waals surface area contributed by atoms with Crippen molar-refractivity contribution in [3.63, 3.8) is 0 Å². The number of nitriles is 1. The highest BCUT2D eigenvalue weighted by Gasteiger charge is 2.53. The lowest BCUT2D eigenvalue weighted by molar-refractivity contribution is -0.139. The lowest BCUT2D eigenvalue weighted by Crippen LogP contribution is -2.00. The Hall–Kier alpha value is -2.08. The summed E-state index contributed by atoms with van der Waals surface area (Å²) >= 11 is 0. The summed E-state index contributed by atoms with van der Waals surface area (Å²) in [7, 11) is 0. The molecule has 0 radical (unpaired) electrons. The van der Waals surface area contributed by atoms with Gasteiger partial charge in [0, 0.05) is 11.5 Å². The molecule has 1 fully saturated rings. The maximum Gasteiger partial charge on any atom is 0.307 e. The van der Waals surface area contributed by atoms with Crippen LogP contribution in [0.25, 0.3) is 6.08 Å². The summed E-state index contributed by atoms with van der Waals surface area (Å²) in [5.41, 5.74) is 1.50. The minimum absolute atomic E-state index is 0.0575. The largest absolute Gasteiger partial charge is 0.481 e. The van der Waals surface area contributed by atoms with Crippen LogP contribution in [0.15, 0.2) is 35.9 Å². The van der Waals surface area contributed by atoms with Crippen LogP contribution >= 0.6 is 0 Å². The van der Waals surface area contributed by atoms with E-state index in [9.17, 15) is 4.79 Å². The molecule has 1 saturated carbocycles. The predicted molar refractivity (Wildman–Crippen MR) is 63.8 cm³/mol. The number of benzene rings is 1. The van der Waals surface area contributed by atoms with E-state index in [4.69, 9.17) is 10.4 Å². The van der Waals surface area contributed by atoms with Crippen LogP contribution in [0.4, 0.5) is 0 Å². The van der Waals surface area contributed by atoms with E-state index in [1.54, 1.807) is 6.08 Å². The molecule has 0 aromatic heterocycles. The second kappa shape index (κ2) is 4.42. The molecule has 0 bridgehead atoms. The van der Waals surface area contributed by atoms with E-state index in [2.05, 4.69) is 6.07 Å². The molecule has 0 aliphatic heterocycles. The molecule has 0 heterocycles. The molecule has 3 atom stereocenters. The van der Waals surface area contributed by atoms with Crippen LogP contribution in [0.3, 0.4) is 0 Å². The number of hydrogen-bond acceptors (Lipinski definition) is 2. The zero-order chi connectivity index (χ0) is 12.4. The monoisotopic (exact) mass is 227 g/mol. The number of carboxylic acid groups (broad SMARTS) is 1. The van der Waals surface area contributed by atoms with E-state index in [1.165, 1.54) is 0 Å². The third kappa shape index (κ3) is 2.21. The first kappa shape index (κ1) is 11.4. The van der Waals surface area contributed by atoms with Gasteiger partial charge in [0.15, 0.2) is 0 Å². The van der Waals surface area contributed by atoms with Gasteiger partial charge in [0.05, 0.1) is 12.0 Å². The topological polar surface area (TPSA) is 61.1 Å². The van der Waals surface area contributed by atoms with E-state index in [0.29, 0.717) is 5.57 Å². The summed E-state index contributed by atoms with van der Waals surface area (Å²) < 4.78 is 0. The van der Waals surface area contributed by atoms with Gasteiger partial charge in [-0.1, -0.05) is 37.3 Å². The Morgan fingerprint density at radius 2 is 2.00 bits per heavy atom. The van der Waals surface area contributed by atoms with E-state index in [-0.39, 0.29) is 11.8 Å². The fraction of sp³-hybridized carbons (Fsp3) is 0.286. The summed E-state index contributed by atoms with van der Waals surface area (Å²) in [4.78, 5) is 10.9. The van der Waals surface area contributed by atoms with Gasteiger partial charge >= 0.3 is 5.97 Å². The van der Waals surface area contributed by atoms with Gasteiger partial charge in [0.1, 0.15) is 0 Å². The van der Waals surface area contributed by atoms with E-state index in [1.807, 2.05) is 37.3 Å². The first-order chi connectivity index (χ1) is 8.15. The Morgan fingerprint density at radius 1 is 1.35 bits per heavy atom. The van der Waals surface area contributed by atoms with Crippen LogP contribution in [0.5, 0.6) is 0 Å². The van der Waals surface area contributed by atoms with Gasteiger partial charge in [-0.15, -0.1) is 0 Å². The Balaban J connectivity index is 2.23. The Kier molecular flexibility index (Phi) is 2.97. The minimum atomic E-state index is -0.809. The smallest absolute Gasteiger partial charge is 0.307 e. The highest BCUT2D eigenvalue weighted by Crippen LogP contribution is 2.50. The molecule has 0 saturated heterocycles. The van der Waals surface area contributed by atoms with Gasteiger partial charge in [0.2, 0.25) is 0 Å². The van der Waals surface area contributed by atoms with Crippen molar-refractivity contribution < 1.29 is 9.90 Å². The molecule has 1 N–H and O–H groups in total. The highest BCUT2D eigenvalue weighted by molar-refractivity contribution is 5.77. The maximum atomic E-state index is 10.9. The van der Waals surface area contributed by atoms with Crippen LogP contribution < -0.4 is 0 Å². The quantitative estimate of drug-likeness (QED) is 0.807. The van der Waals surface area contributed by atoms with Crippen molar-refractivity contribution >= 4 is 12.0 Å². The fourth-order valence-corrected chi connectivity index (χ4v) is 2.25. The van der Waals surface area contributed by atoms with Crippen molar-refractivity contribution in [2.75, 3.05) is 0 Å². The average Bonchev–Trinajstić information content (AvgIpc) is 2.99. The minimum Gasteiger partial charge on any atom is -0.481 e. The van der Waals surface area contributed by atoms with Crippen LogP contribution in [0.1, 0.15) is 12.5 Å². The molecule has 3 heteroatoms. The van der Waals surface area contributed by atoms with Gasteiger partial charge in [-0.05, 0) is 17.6 Å². The summed E-state index contributed by atoms with van der Waals surface area (Å²) in [6.45, 7) is 1.87. The summed E-state index contributed by atoms with van der Waals surface area (Å²) in [6.07, 6.45) is 1.78. The van der Waals surface area contributed by atoms with Crippen molar-refractivity contribution in [1.82, 2.24) is 0 Å². The second-order valence-electron chi connectivity index (χ2n) is 4.37. The molecule has 1 aliphatic rings. The summed E-state index contributed by atoms with van der Waals surface area (Å²) in [5, 5.41) is 18.1. The molecule has 3 unspecified atom stereocenters. The Bertz CT molecular complexity index is 499. The molecule has 2 rings (SSSR count). The van der Waals surface area contributed by atoms with Gasteiger partial charge in [-0.25, -0.2) is 0 Å². The van der Waals surface area contributed by atoms with Gasteiger partial charge in [0.25, 0.3) is 0 Å². The van der Waals surface area contributed by atoms with E-state index < -0.39 is 11.9 Å². The number of allylic oxidation sites excluding steroid dienone is 1. The van der Waals surface area contributed by atoms with Crippen molar-refractivity contribution in [2.45, 2.75) is 6.92 Å². The van der Waals surface area contributed by atoms with Crippen LogP contribution in [0.2, 0.25) is 0 Å². The van der Waals surface area contributed by atoms with Gasteiger partial charge in [-0.3, -0.25) is 4.79 Å². The SMILES string of the molecule is CC1C(C(=O)O)C1C(C#N)=Cc1ccccc1. The second-order valence-corrected chi connectivity index (χ2v) is 4.37. The molecule has 17 heavy (non-hydrogen) atoms. The molecule has 3 nitrogen and oxygen atoms in total. The molecule has 0 amide bonds. The maximum absolute atomic E-state index is 10.9.